The van der Waals surface area contributed by atoms with Crippen LogP contribution in [0.5, 0.6) is 5.75 Å². The van der Waals surface area contributed by atoms with Crippen LogP contribution in [-0.2, 0) is 22.4 Å². The van der Waals surface area contributed by atoms with E-state index in [9.17, 15) is 24.8 Å². The van der Waals surface area contributed by atoms with Crippen LogP contribution < -0.4 is 10.6 Å². The van der Waals surface area contributed by atoms with Crippen LogP contribution in [0.1, 0.15) is 17.5 Å². The van der Waals surface area contributed by atoms with E-state index in [1.165, 1.54) is 19.2 Å². The summed E-state index contributed by atoms with van der Waals surface area (Å²) < 4.78 is 0. The molecule has 1 unspecified atom stereocenters. The van der Waals surface area contributed by atoms with Crippen molar-refractivity contribution in [3.05, 3.63) is 69.8 Å². The largest absolute Gasteiger partial charge is 0.508 e. The van der Waals surface area contributed by atoms with E-state index in [0.29, 0.717) is 12.0 Å². The summed E-state index contributed by atoms with van der Waals surface area (Å²) in [4.78, 5) is 34.5. The highest BCUT2D eigenvalue weighted by Crippen LogP contribution is 2.14. The van der Waals surface area contributed by atoms with E-state index in [-0.39, 0.29) is 36.1 Å². The number of hydrogen-bond acceptors (Lipinski definition) is 5. The van der Waals surface area contributed by atoms with E-state index in [0.717, 1.165) is 5.56 Å². The van der Waals surface area contributed by atoms with Gasteiger partial charge in [-0.05, 0) is 29.7 Å². The molecule has 0 bridgehead atoms. The van der Waals surface area contributed by atoms with Crippen LogP contribution in [0.15, 0.2) is 48.5 Å². The molecule has 2 amide bonds. The average Bonchev–Trinajstić information content (AvgIpc) is 2.66. The van der Waals surface area contributed by atoms with Crippen LogP contribution in [0, 0.1) is 10.1 Å². The van der Waals surface area contributed by atoms with Crippen LogP contribution in [0.2, 0.25) is 0 Å². The van der Waals surface area contributed by atoms with Crippen molar-refractivity contribution >= 4 is 17.5 Å². The lowest BCUT2D eigenvalue weighted by molar-refractivity contribution is -0.384. The fourth-order valence-electron chi connectivity index (χ4n) is 2.56. The molecule has 0 aromatic heterocycles. The first-order chi connectivity index (χ1) is 12.9. The summed E-state index contributed by atoms with van der Waals surface area (Å²) in [6.07, 6.45) is 0.894. The van der Waals surface area contributed by atoms with Crippen molar-refractivity contribution in [2.75, 3.05) is 7.05 Å². The van der Waals surface area contributed by atoms with Gasteiger partial charge in [0, 0.05) is 32.0 Å². The Morgan fingerprint density at radius 1 is 1.07 bits per heavy atom. The second-order valence-corrected chi connectivity index (χ2v) is 6.03. The molecule has 3 N–H and O–H groups in total. The number of amides is 2. The number of benzene rings is 2. The lowest BCUT2D eigenvalue weighted by Crippen LogP contribution is -2.47. The van der Waals surface area contributed by atoms with E-state index in [4.69, 9.17) is 0 Å². The van der Waals surface area contributed by atoms with Gasteiger partial charge in [-0.2, -0.15) is 0 Å². The number of likely N-dealkylation sites (N-methyl/N-ethyl adjacent to an activating group) is 1. The monoisotopic (exact) mass is 371 g/mol. The van der Waals surface area contributed by atoms with Crippen LogP contribution in [-0.4, -0.2) is 34.9 Å². The van der Waals surface area contributed by atoms with Gasteiger partial charge in [-0.1, -0.05) is 24.3 Å². The van der Waals surface area contributed by atoms with Crippen molar-refractivity contribution in [2.24, 2.45) is 0 Å². The Hall–Kier alpha value is -3.42. The summed E-state index contributed by atoms with van der Waals surface area (Å²) in [5.74, 6) is -0.462. The molecule has 0 heterocycles. The van der Waals surface area contributed by atoms with Gasteiger partial charge in [0.2, 0.25) is 11.8 Å². The Labute approximate surface area is 156 Å². The molecule has 2 aromatic carbocycles. The summed E-state index contributed by atoms with van der Waals surface area (Å²) in [5, 5.41) is 25.2. The van der Waals surface area contributed by atoms with Gasteiger partial charge in [-0.15, -0.1) is 0 Å². The maximum Gasteiger partial charge on any atom is 0.269 e. The van der Waals surface area contributed by atoms with Crippen molar-refractivity contribution < 1.29 is 19.6 Å². The number of carbonyl (C=O) groups is 2. The summed E-state index contributed by atoms with van der Waals surface area (Å²) in [5.41, 5.74) is 1.57. The summed E-state index contributed by atoms with van der Waals surface area (Å²) >= 11 is 0. The second kappa shape index (κ2) is 9.33. The number of nitrogens with one attached hydrogen (secondary N) is 2. The van der Waals surface area contributed by atoms with Gasteiger partial charge in [-0.3, -0.25) is 19.7 Å². The number of phenols is 1. The molecule has 0 spiro atoms. The van der Waals surface area contributed by atoms with Gasteiger partial charge >= 0.3 is 0 Å². The Balaban J connectivity index is 1.96. The highest BCUT2D eigenvalue weighted by atomic mass is 16.6. The number of rotatable bonds is 8. The lowest BCUT2D eigenvalue weighted by Gasteiger charge is -2.17. The first-order valence-electron chi connectivity index (χ1n) is 8.41. The molecule has 0 aliphatic rings. The van der Waals surface area contributed by atoms with Crippen molar-refractivity contribution in [1.82, 2.24) is 10.6 Å². The van der Waals surface area contributed by atoms with Gasteiger partial charge in [0.25, 0.3) is 5.69 Å². The van der Waals surface area contributed by atoms with Crippen LogP contribution in [0.25, 0.3) is 0 Å². The molecule has 0 saturated carbocycles. The number of nitro groups is 1. The summed E-state index contributed by atoms with van der Waals surface area (Å²) in [6, 6.07) is 11.7. The predicted octanol–water partition coefficient (Wildman–Crippen LogP) is 1.71. The molecule has 0 aliphatic heterocycles. The first-order valence-corrected chi connectivity index (χ1v) is 8.41. The maximum atomic E-state index is 12.2. The number of nitrogens with zero attached hydrogens (tertiary/aromatic N) is 1. The zero-order chi connectivity index (χ0) is 19.8. The highest BCUT2D eigenvalue weighted by molar-refractivity contribution is 5.87. The van der Waals surface area contributed by atoms with Crippen LogP contribution in [0.3, 0.4) is 0 Å². The number of aryl methyl sites for hydroxylation is 1. The van der Waals surface area contributed by atoms with Crippen molar-refractivity contribution in [3.8, 4) is 5.75 Å². The van der Waals surface area contributed by atoms with Crippen molar-refractivity contribution in [1.29, 1.82) is 0 Å². The minimum Gasteiger partial charge on any atom is -0.508 e. The Morgan fingerprint density at radius 3 is 2.22 bits per heavy atom. The fraction of sp³-hybridized carbons (Fsp3) is 0.263. The van der Waals surface area contributed by atoms with E-state index < -0.39 is 11.0 Å². The molecule has 27 heavy (non-hydrogen) atoms. The van der Waals surface area contributed by atoms with Gasteiger partial charge < -0.3 is 15.7 Å². The zero-order valence-corrected chi connectivity index (χ0v) is 14.8. The number of hydrogen-bond donors (Lipinski definition) is 3. The second-order valence-electron chi connectivity index (χ2n) is 6.03. The first kappa shape index (κ1) is 19.9. The minimum atomic E-state index is -0.774. The molecule has 0 aliphatic carbocycles. The molecule has 8 nitrogen and oxygen atoms in total. The van der Waals surface area contributed by atoms with E-state index >= 15 is 0 Å². The predicted molar refractivity (Wildman–Crippen MR) is 99.2 cm³/mol. The molecule has 0 saturated heterocycles. The van der Waals surface area contributed by atoms with Gasteiger partial charge in [0.05, 0.1) is 4.92 Å². The molecule has 1 atom stereocenters. The highest BCUT2D eigenvalue weighted by Gasteiger charge is 2.20. The molecule has 8 heteroatoms. The Bertz CT molecular complexity index is 803. The topological polar surface area (TPSA) is 122 Å². The van der Waals surface area contributed by atoms with E-state index in [1.807, 2.05) is 0 Å². The SMILES string of the molecule is CNC(=O)C(Cc1ccc([N+](=O)[O-])cc1)NC(=O)CCc1ccc(O)cc1. The maximum absolute atomic E-state index is 12.2. The number of nitro benzene ring substituents is 1. The van der Waals surface area contributed by atoms with Gasteiger partial charge in [0.15, 0.2) is 0 Å². The molecular formula is C19H21N3O5. The lowest BCUT2D eigenvalue weighted by atomic mass is 10.0. The summed E-state index contributed by atoms with van der Waals surface area (Å²) in [6.45, 7) is 0. The molecule has 2 aromatic rings. The standard InChI is InChI=1S/C19H21N3O5/c1-20-19(25)17(12-14-2-7-15(8-3-14)22(26)27)21-18(24)11-6-13-4-9-16(23)10-5-13/h2-5,7-10,17,23H,6,11-12H2,1H3,(H,20,25)(H,21,24). The molecule has 2 rings (SSSR count). The molecule has 0 fully saturated rings. The molecular weight excluding hydrogens is 350 g/mol. The number of carbonyl (C=O) groups excluding carboxylic acids is 2. The summed E-state index contributed by atoms with van der Waals surface area (Å²) in [7, 11) is 1.48. The third-order valence-electron chi connectivity index (χ3n) is 4.06. The Kier molecular flexibility index (Phi) is 6.87. The smallest absolute Gasteiger partial charge is 0.269 e. The Morgan fingerprint density at radius 2 is 1.67 bits per heavy atom. The van der Waals surface area contributed by atoms with Crippen molar-refractivity contribution in [3.63, 3.8) is 0 Å². The normalized spacial score (nSPS) is 11.4. The molecule has 0 radical (unpaired) electrons. The average molecular weight is 371 g/mol. The van der Waals surface area contributed by atoms with E-state index in [2.05, 4.69) is 10.6 Å². The fourth-order valence-corrected chi connectivity index (χ4v) is 2.56. The number of aromatic hydroxyl groups is 1. The number of phenolic OH excluding ortho intramolecular Hbond substituents is 1. The number of non-ortho nitro benzene ring substituents is 1. The molecule has 142 valence electrons. The third kappa shape index (κ3) is 6.10. The van der Waals surface area contributed by atoms with Crippen LogP contribution >= 0.6 is 0 Å². The quantitative estimate of drug-likeness (QED) is 0.482. The van der Waals surface area contributed by atoms with E-state index in [1.54, 1.807) is 36.4 Å². The minimum absolute atomic E-state index is 0.0341. The van der Waals surface area contributed by atoms with Crippen molar-refractivity contribution in [2.45, 2.75) is 25.3 Å². The third-order valence-corrected chi connectivity index (χ3v) is 4.06. The van der Waals surface area contributed by atoms with Gasteiger partial charge in [-0.25, -0.2) is 0 Å². The zero-order valence-electron chi connectivity index (χ0n) is 14.8. The van der Waals surface area contributed by atoms with Crippen LogP contribution in [0.4, 0.5) is 5.69 Å². The van der Waals surface area contributed by atoms with Gasteiger partial charge in [0.1, 0.15) is 11.8 Å².